The Morgan fingerprint density at radius 3 is 2.74 bits per heavy atom. The highest BCUT2D eigenvalue weighted by Crippen LogP contribution is 2.25. The summed E-state index contributed by atoms with van der Waals surface area (Å²) in [4.78, 5) is 12.3. The van der Waals surface area contributed by atoms with E-state index in [1.165, 1.54) is 49.3 Å². The number of amides is 1. The lowest BCUT2D eigenvalue weighted by Crippen LogP contribution is -2.24. The summed E-state index contributed by atoms with van der Waals surface area (Å²) in [6, 6.07) is 6.17. The van der Waals surface area contributed by atoms with Crippen molar-refractivity contribution in [2.45, 2.75) is 21.4 Å². The van der Waals surface area contributed by atoms with Gasteiger partial charge in [-0.25, -0.2) is 12.7 Å². The molecule has 0 spiro atoms. The third-order valence-electron chi connectivity index (χ3n) is 2.87. The fourth-order valence-electron chi connectivity index (χ4n) is 1.61. The third kappa shape index (κ3) is 4.50. The molecule has 0 fully saturated rings. The number of aromatic nitrogens is 2. The quantitative estimate of drug-likeness (QED) is 0.779. The summed E-state index contributed by atoms with van der Waals surface area (Å²) in [7, 11) is -0.617. The van der Waals surface area contributed by atoms with Crippen LogP contribution in [0.1, 0.15) is 6.92 Å². The van der Waals surface area contributed by atoms with E-state index in [-0.39, 0.29) is 16.1 Å². The number of nitrogens with one attached hydrogen (secondary N) is 1. The number of carbonyl (C=O) groups excluding carboxylic acids is 1. The molecule has 2 aromatic rings. The van der Waals surface area contributed by atoms with Crippen LogP contribution in [0.15, 0.2) is 39.0 Å². The van der Waals surface area contributed by atoms with Gasteiger partial charge in [0.05, 0.1) is 10.1 Å². The van der Waals surface area contributed by atoms with Gasteiger partial charge < -0.3 is 5.32 Å². The van der Waals surface area contributed by atoms with E-state index in [1.54, 1.807) is 24.6 Å². The molecule has 1 atom stereocenters. The van der Waals surface area contributed by atoms with Gasteiger partial charge in [0, 0.05) is 19.8 Å². The average Bonchev–Trinajstić information content (AvgIpc) is 3.00. The highest BCUT2D eigenvalue weighted by Gasteiger charge is 2.19. The van der Waals surface area contributed by atoms with Crippen LogP contribution in [-0.4, -0.2) is 48.2 Å². The van der Waals surface area contributed by atoms with Crippen molar-refractivity contribution in [1.29, 1.82) is 0 Å². The van der Waals surface area contributed by atoms with Crippen molar-refractivity contribution in [2.75, 3.05) is 19.4 Å². The van der Waals surface area contributed by atoms with Crippen molar-refractivity contribution >= 4 is 44.7 Å². The SMILES string of the molecule is CC(Sc1nncs1)C(=O)Nc1cccc(S(=O)(=O)N(C)C)c1. The van der Waals surface area contributed by atoms with Gasteiger partial charge in [-0.3, -0.25) is 4.79 Å². The first-order chi connectivity index (χ1) is 10.8. The van der Waals surface area contributed by atoms with Crippen molar-refractivity contribution in [1.82, 2.24) is 14.5 Å². The zero-order valence-electron chi connectivity index (χ0n) is 12.8. The summed E-state index contributed by atoms with van der Waals surface area (Å²) < 4.78 is 26.1. The molecule has 0 saturated carbocycles. The van der Waals surface area contributed by atoms with Gasteiger partial charge in [0.1, 0.15) is 5.51 Å². The summed E-state index contributed by atoms with van der Waals surface area (Å²) in [5.41, 5.74) is 2.03. The van der Waals surface area contributed by atoms with Crippen LogP contribution in [0.5, 0.6) is 0 Å². The maximum absolute atomic E-state index is 12.2. The van der Waals surface area contributed by atoms with Gasteiger partial charge in [0.15, 0.2) is 4.34 Å². The Morgan fingerprint density at radius 2 is 2.13 bits per heavy atom. The normalized spacial score (nSPS) is 13.0. The number of hydrogen-bond acceptors (Lipinski definition) is 7. The molecule has 0 bridgehead atoms. The number of hydrogen-bond donors (Lipinski definition) is 1. The molecule has 0 aliphatic carbocycles. The molecule has 1 aromatic carbocycles. The Balaban J connectivity index is 2.09. The topological polar surface area (TPSA) is 92.3 Å². The Bertz CT molecular complexity index is 776. The summed E-state index contributed by atoms with van der Waals surface area (Å²) >= 11 is 2.66. The van der Waals surface area contributed by atoms with Gasteiger partial charge in [-0.2, -0.15) is 0 Å². The predicted octanol–water partition coefficient (Wildman–Crippen LogP) is 1.91. The minimum atomic E-state index is -3.54. The number of rotatable bonds is 6. The van der Waals surface area contributed by atoms with Gasteiger partial charge in [-0.1, -0.05) is 29.2 Å². The van der Waals surface area contributed by atoms with Crippen molar-refractivity contribution in [3.05, 3.63) is 29.8 Å². The Kier molecular flexibility index (Phi) is 5.74. The van der Waals surface area contributed by atoms with Crippen LogP contribution in [0, 0.1) is 0 Å². The molecule has 1 amide bonds. The monoisotopic (exact) mass is 372 g/mol. The first-order valence-electron chi connectivity index (χ1n) is 6.57. The van der Waals surface area contributed by atoms with E-state index in [0.29, 0.717) is 10.0 Å². The van der Waals surface area contributed by atoms with Crippen LogP contribution < -0.4 is 5.32 Å². The highest BCUT2D eigenvalue weighted by atomic mass is 32.2. The number of benzene rings is 1. The van der Waals surface area contributed by atoms with Crippen molar-refractivity contribution in [2.24, 2.45) is 0 Å². The first-order valence-corrected chi connectivity index (χ1v) is 9.77. The van der Waals surface area contributed by atoms with Crippen molar-refractivity contribution in [3.63, 3.8) is 0 Å². The van der Waals surface area contributed by atoms with Gasteiger partial charge in [0.2, 0.25) is 15.9 Å². The molecule has 1 unspecified atom stereocenters. The van der Waals surface area contributed by atoms with Gasteiger partial charge in [-0.05, 0) is 25.1 Å². The van der Waals surface area contributed by atoms with Gasteiger partial charge in [-0.15, -0.1) is 10.2 Å². The lowest BCUT2D eigenvalue weighted by atomic mass is 10.3. The Labute approximate surface area is 143 Å². The maximum atomic E-state index is 12.2. The van der Waals surface area contributed by atoms with E-state index in [1.807, 2.05) is 0 Å². The smallest absolute Gasteiger partial charge is 0.242 e. The molecular weight excluding hydrogens is 356 g/mol. The lowest BCUT2D eigenvalue weighted by molar-refractivity contribution is -0.115. The molecule has 0 aliphatic rings. The molecular formula is C13H16N4O3S3. The van der Waals surface area contributed by atoms with E-state index in [2.05, 4.69) is 15.5 Å². The van der Waals surface area contributed by atoms with E-state index in [0.717, 1.165) is 4.31 Å². The average molecular weight is 372 g/mol. The van der Waals surface area contributed by atoms with Crippen molar-refractivity contribution in [3.8, 4) is 0 Å². The first kappa shape index (κ1) is 17.9. The van der Waals surface area contributed by atoms with Crippen LogP contribution in [0.3, 0.4) is 0 Å². The maximum Gasteiger partial charge on any atom is 0.242 e. The molecule has 0 saturated heterocycles. The molecule has 23 heavy (non-hydrogen) atoms. The van der Waals surface area contributed by atoms with Crippen LogP contribution in [0.4, 0.5) is 5.69 Å². The molecule has 10 heteroatoms. The van der Waals surface area contributed by atoms with Crippen LogP contribution in [-0.2, 0) is 14.8 Å². The van der Waals surface area contributed by atoms with E-state index in [4.69, 9.17) is 0 Å². The Hall–Kier alpha value is -1.49. The molecule has 0 radical (unpaired) electrons. The van der Waals surface area contributed by atoms with Gasteiger partial charge in [0.25, 0.3) is 0 Å². The molecule has 1 aromatic heterocycles. The van der Waals surface area contributed by atoms with Crippen LogP contribution in [0.2, 0.25) is 0 Å². The summed E-state index contributed by atoms with van der Waals surface area (Å²) in [6.45, 7) is 1.75. The Morgan fingerprint density at radius 1 is 1.39 bits per heavy atom. The second kappa shape index (κ2) is 7.39. The molecule has 1 heterocycles. The summed E-state index contributed by atoms with van der Waals surface area (Å²) in [6.07, 6.45) is 0. The van der Waals surface area contributed by atoms with E-state index in [9.17, 15) is 13.2 Å². The van der Waals surface area contributed by atoms with Crippen LogP contribution >= 0.6 is 23.1 Å². The molecule has 0 aliphatic heterocycles. The molecule has 1 N–H and O–H groups in total. The lowest BCUT2D eigenvalue weighted by Gasteiger charge is -2.14. The summed E-state index contributed by atoms with van der Waals surface area (Å²) in [5, 5.41) is 9.94. The number of nitrogens with zero attached hydrogens (tertiary/aromatic N) is 3. The summed E-state index contributed by atoms with van der Waals surface area (Å²) in [5.74, 6) is -0.232. The highest BCUT2D eigenvalue weighted by molar-refractivity contribution is 8.02. The van der Waals surface area contributed by atoms with Crippen LogP contribution in [0.25, 0.3) is 0 Å². The number of sulfonamides is 1. The van der Waals surface area contributed by atoms with Crippen molar-refractivity contribution < 1.29 is 13.2 Å². The molecule has 2 rings (SSSR count). The van der Waals surface area contributed by atoms with Gasteiger partial charge >= 0.3 is 0 Å². The largest absolute Gasteiger partial charge is 0.325 e. The minimum absolute atomic E-state index is 0.129. The zero-order valence-corrected chi connectivity index (χ0v) is 15.2. The number of carbonyl (C=O) groups is 1. The fraction of sp³-hybridized carbons (Fsp3) is 0.308. The fourth-order valence-corrected chi connectivity index (χ4v) is 4.18. The molecule has 7 nitrogen and oxygen atoms in total. The van der Waals surface area contributed by atoms with E-state index < -0.39 is 10.0 Å². The number of thioether (sulfide) groups is 1. The second-order valence-corrected chi connectivity index (χ2v) is 9.34. The zero-order chi connectivity index (χ0) is 17.0. The second-order valence-electron chi connectivity index (χ2n) is 4.77. The predicted molar refractivity (Wildman–Crippen MR) is 91.2 cm³/mol. The third-order valence-corrected chi connectivity index (χ3v) is 6.59. The molecule has 124 valence electrons. The number of anilines is 1. The van der Waals surface area contributed by atoms with E-state index >= 15 is 0 Å². The standard InChI is InChI=1S/C13H16N4O3S3/c1-9(22-13-16-14-8-21-13)12(18)15-10-5-4-6-11(7-10)23(19,20)17(2)3/h4-9H,1-3H3,(H,15,18). The minimum Gasteiger partial charge on any atom is -0.325 e.